The normalized spacial score (nSPS) is 9.30. The smallest absolute Gasteiger partial charge is 0.0486 e. The minimum atomic E-state index is -0.278. The van der Waals surface area contributed by atoms with Gasteiger partial charge in [-0.2, -0.15) is 0 Å². The van der Waals surface area contributed by atoms with Crippen LogP contribution in [0.2, 0.25) is 0 Å². The molecule has 23 heavy (non-hydrogen) atoms. The molecular weight excluding hydrogens is 471 g/mol. The summed E-state index contributed by atoms with van der Waals surface area (Å²) in [6.45, 7) is 0.178. The molecule has 121 valence electrons. The van der Waals surface area contributed by atoms with Gasteiger partial charge in [-0.3, -0.25) is 9.37 Å². The van der Waals surface area contributed by atoms with Crippen molar-refractivity contribution in [2.75, 3.05) is 6.61 Å². The van der Waals surface area contributed by atoms with E-state index in [2.05, 4.69) is 16.0 Å². The fourth-order valence-corrected chi connectivity index (χ4v) is 1.75. The van der Waals surface area contributed by atoms with Crippen molar-refractivity contribution < 1.29 is 29.6 Å². The SMILES string of the molecule is Fc1c[c-]c(-c2ccccn2)cc1.OCCc1ccccn1.[Ir]. The average Bonchev–Trinajstić information content (AvgIpc) is 2.58. The van der Waals surface area contributed by atoms with Gasteiger partial charge in [0.05, 0.1) is 0 Å². The minimum Gasteiger partial charge on any atom is -0.396 e. The molecule has 3 rings (SSSR count). The van der Waals surface area contributed by atoms with Gasteiger partial charge in [0.1, 0.15) is 0 Å². The van der Waals surface area contributed by atoms with Crippen molar-refractivity contribution >= 4 is 0 Å². The molecule has 3 aromatic rings. The predicted molar refractivity (Wildman–Crippen MR) is 83.5 cm³/mol. The number of nitrogens with zero attached hydrogens (tertiary/aromatic N) is 2. The molecule has 2 heterocycles. The van der Waals surface area contributed by atoms with E-state index in [1.165, 1.54) is 12.1 Å². The number of hydrogen-bond acceptors (Lipinski definition) is 3. The Morgan fingerprint density at radius 1 is 0.957 bits per heavy atom. The number of aromatic nitrogens is 2. The first-order chi connectivity index (χ1) is 10.8. The molecule has 1 radical (unpaired) electrons. The second-order valence-corrected chi connectivity index (χ2v) is 4.43. The molecular formula is C18H16FIrN2O-. The maximum atomic E-state index is 12.6. The third-order valence-electron chi connectivity index (χ3n) is 2.81. The van der Waals surface area contributed by atoms with Gasteiger partial charge in [-0.25, -0.2) is 0 Å². The van der Waals surface area contributed by atoms with Crippen LogP contribution in [0.15, 0.2) is 67.0 Å². The van der Waals surface area contributed by atoms with Crippen LogP contribution in [-0.2, 0) is 26.5 Å². The van der Waals surface area contributed by atoms with Gasteiger partial charge < -0.3 is 10.1 Å². The van der Waals surface area contributed by atoms with Gasteiger partial charge in [0.25, 0.3) is 0 Å². The molecule has 0 fully saturated rings. The number of rotatable bonds is 3. The molecule has 3 nitrogen and oxygen atoms in total. The van der Waals surface area contributed by atoms with Crippen LogP contribution in [0, 0.1) is 11.9 Å². The Hall–Kier alpha value is -1.94. The maximum absolute atomic E-state index is 12.6. The first kappa shape index (κ1) is 19.1. The first-order valence-electron chi connectivity index (χ1n) is 6.89. The van der Waals surface area contributed by atoms with E-state index < -0.39 is 0 Å². The number of pyridine rings is 2. The summed E-state index contributed by atoms with van der Waals surface area (Å²) in [5.74, 6) is -0.278. The van der Waals surface area contributed by atoms with Crippen molar-refractivity contribution in [3.05, 3.63) is 84.6 Å². The van der Waals surface area contributed by atoms with E-state index in [0.717, 1.165) is 17.0 Å². The van der Waals surface area contributed by atoms with Gasteiger partial charge in [-0.1, -0.05) is 18.2 Å². The van der Waals surface area contributed by atoms with Crippen LogP contribution in [0.4, 0.5) is 4.39 Å². The Morgan fingerprint density at radius 2 is 1.70 bits per heavy atom. The van der Waals surface area contributed by atoms with Gasteiger partial charge in [-0.15, -0.1) is 29.8 Å². The van der Waals surface area contributed by atoms with Crippen LogP contribution in [0.1, 0.15) is 5.69 Å². The Morgan fingerprint density at radius 3 is 2.22 bits per heavy atom. The summed E-state index contributed by atoms with van der Waals surface area (Å²) < 4.78 is 12.6. The monoisotopic (exact) mass is 488 g/mol. The quantitative estimate of drug-likeness (QED) is 0.577. The fourth-order valence-electron chi connectivity index (χ4n) is 1.75. The van der Waals surface area contributed by atoms with E-state index in [9.17, 15) is 4.39 Å². The first-order valence-corrected chi connectivity index (χ1v) is 6.89. The summed E-state index contributed by atoms with van der Waals surface area (Å²) in [5, 5.41) is 8.48. The molecule has 1 N–H and O–H groups in total. The van der Waals surface area contributed by atoms with E-state index in [1.54, 1.807) is 18.5 Å². The van der Waals surface area contributed by atoms with Crippen LogP contribution >= 0.6 is 0 Å². The molecule has 0 aliphatic heterocycles. The van der Waals surface area contributed by atoms with Gasteiger partial charge in [-0.05, 0) is 23.9 Å². The molecule has 0 spiro atoms. The van der Waals surface area contributed by atoms with E-state index >= 15 is 0 Å². The Bertz CT molecular complexity index is 664. The number of halogens is 1. The molecule has 5 heteroatoms. The number of aliphatic hydroxyl groups is 1. The Balaban J connectivity index is 0.000000235. The summed E-state index contributed by atoms with van der Waals surface area (Å²) in [6, 6.07) is 18.5. The van der Waals surface area contributed by atoms with Crippen LogP contribution in [0.3, 0.4) is 0 Å². The van der Waals surface area contributed by atoms with Crippen molar-refractivity contribution in [3.63, 3.8) is 0 Å². The standard InChI is InChI=1S/C11H7FN.C7H9NO.Ir/c12-10-6-4-9(5-7-10)11-3-1-2-8-13-11;9-6-4-7-3-1-2-5-8-7;/h1-4,6-8H;1-3,5,9H,4,6H2;/q-1;;. The van der Waals surface area contributed by atoms with Crippen LogP contribution in [0.5, 0.6) is 0 Å². The Labute approximate surface area is 148 Å². The number of hydrogen-bond donors (Lipinski definition) is 1. The van der Waals surface area contributed by atoms with Crippen molar-refractivity contribution in [1.29, 1.82) is 0 Å². The largest absolute Gasteiger partial charge is 0.396 e. The summed E-state index contributed by atoms with van der Waals surface area (Å²) in [6.07, 6.45) is 4.08. The maximum Gasteiger partial charge on any atom is 0.0486 e. The third kappa shape index (κ3) is 6.78. The van der Waals surface area contributed by atoms with E-state index in [-0.39, 0.29) is 32.5 Å². The van der Waals surface area contributed by atoms with Gasteiger partial charge >= 0.3 is 0 Å². The van der Waals surface area contributed by atoms with Crippen molar-refractivity contribution in [3.8, 4) is 11.3 Å². The molecule has 0 unspecified atom stereocenters. The van der Waals surface area contributed by atoms with Crippen LogP contribution in [-0.4, -0.2) is 21.7 Å². The molecule has 0 aliphatic carbocycles. The van der Waals surface area contributed by atoms with Crippen LogP contribution in [0.25, 0.3) is 11.3 Å². The summed E-state index contributed by atoms with van der Waals surface area (Å²) in [5.41, 5.74) is 2.56. The average molecular weight is 488 g/mol. The molecule has 2 aromatic heterocycles. The van der Waals surface area contributed by atoms with E-state index in [1.807, 2.05) is 36.4 Å². The van der Waals surface area contributed by atoms with Crippen molar-refractivity contribution in [2.45, 2.75) is 6.42 Å². The van der Waals surface area contributed by atoms with Crippen LogP contribution < -0.4 is 0 Å². The summed E-state index contributed by atoms with van der Waals surface area (Å²) in [4.78, 5) is 8.13. The third-order valence-corrected chi connectivity index (χ3v) is 2.81. The zero-order valence-electron chi connectivity index (χ0n) is 12.3. The molecule has 0 atom stereocenters. The zero-order valence-corrected chi connectivity index (χ0v) is 14.7. The fraction of sp³-hybridized carbons (Fsp3) is 0.111. The predicted octanol–water partition coefficient (Wildman–Crippen LogP) is 3.30. The second kappa shape index (κ2) is 10.7. The molecule has 0 amide bonds. The van der Waals surface area contributed by atoms with Crippen molar-refractivity contribution in [2.24, 2.45) is 0 Å². The molecule has 0 aliphatic rings. The molecule has 0 saturated heterocycles. The number of benzene rings is 1. The minimum absolute atomic E-state index is 0. The Kier molecular flexibility index (Phi) is 8.91. The molecule has 0 bridgehead atoms. The summed E-state index contributed by atoms with van der Waals surface area (Å²) >= 11 is 0. The van der Waals surface area contributed by atoms with E-state index in [0.29, 0.717) is 6.42 Å². The van der Waals surface area contributed by atoms with E-state index in [4.69, 9.17) is 5.11 Å². The summed E-state index contributed by atoms with van der Waals surface area (Å²) in [7, 11) is 0. The van der Waals surface area contributed by atoms with Gasteiger partial charge in [0, 0.05) is 57.0 Å². The van der Waals surface area contributed by atoms with Gasteiger partial charge in [0.15, 0.2) is 0 Å². The molecule has 1 aromatic carbocycles. The topological polar surface area (TPSA) is 46.0 Å². The number of aliphatic hydroxyl groups excluding tert-OH is 1. The van der Waals surface area contributed by atoms with Crippen molar-refractivity contribution in [1.82, 2.24) is 9.97 Å². The zero-order chi connectivity index (χ0) is 15.6. The second-order valence-electron chi connectivity index (χ2n) is 4.43. The molecule has 0 saturated carbocycles. The van der Waals surface area contributed by atoms with Gasteiger partial charge in [0.2, 0.25) is 0 Å².